The molecule has 0 saturated carbocycles. The largest absolute Gasteiger partial charge is 0.493 e. The van der Waals surface area contributed by atoms with Crippen LogP contribution in [0.2, 0.25) is 0 Å². The zero-order valence-corrected chi connectivity index (χ0v) is 21.0. The van der Waals surface area contributed by atoms with E-state index in [1.807, 2.05) is 57.2 Å². The maximum atomic E-state index is 13.3. The van der Waals surface area contributed by atoms with Gasteiger partial charge in [0.15, 0.2) is 23.3 Å². The second-order valence-corrected chi connectivity index (χ2v) is 8.79. The summed E-state index contributed by atoms with van der Waals surface area (Å²) in [6.07, 6.45) is 2.63. The number of rotatable bonds is 9. The highest BCUT2D eigenvalue weighted by atomic mass is 32.2. The monoisotopic (exact) mass is 482 g/mol. The number of nitrogens with zero attached hydrogens (tertiary/aromatic N) is 2. The first-order chi connectivity index (χ1) is 16.4. The predicted octanol–water partition coefficient (Wildman–Crippen LogP) is 5.35. The Bertz CT molecular complexity index is 1090. The van der Waals surface area contributed by atoms with Crippen LogP contribution in [0, 0.1) is 6.92 Å². The van der Waals surface area contributed by atoms with Crippen molar-refractivity contribution in [3.05, 3.63) is 58.5 Å². The SMILES string of the molecule is CCOC(=O)COc1ccc(/C=C2/SC(=Nc3ccc(C)cc3)N([C@H](C)CC)C2=O)cc1OC. The molecule has 2 aromatic carbocycles. The summed E-state index contributed by atoms with van der Waals surface area (Å²) in [5.74, 6) is 0.355. The van der Waals surface area contributed by atoms with Crippen LogP contribution in [0.4, 0.5) is 5.69 Å². The Balaban J connectivity index is 1.87. The summed E-state index contributed by atoms with van der Waals surface area (Å²) >= 11 is 1.36. The highest BCUT2D eigenvalue weighted by Gasteiger charge is 2.36. The maximum Gasteiger partial charge on any atom is 0.344 e. The molecule has 2 aromatic rings. The van der Waals surface area contributed by atoms with E-state index in [4.69, 9.17) is 19.2 Å². The molecule has 1 atom stereocenters. The number of aliphatic imine (C=N–C) groups is 1. The molecule has 1 aliphatic heterocycles. The summed E-state index contributed by atoms with van der Waals surface area (Å²) < 4.78 is 15.8. The van der Waals surface area contributed by atoms with E-state index in [0.717, 1.165) is 23.2 Å². The van der Waals surface area contributed by atoms with E-state index in [1.165, 1.54) is 18.9 Å². The second kappa shape index (κ2) is 11.7. The van der Waals surface area contributed by atoms with Gasteiger partial charge in [-0.25, -0.2) is 9.79 Å². The molecule has 34 heavy (non-hydrogen) atoms. The van der Waals surface area contributed by atoms with Gasteiger partial charge in [-0.2, -0.15) is 0 Å². The minimum absolute atomic E-state index is 0.0169. The summed E-state index contributed by atoms with van der Waals surface area (Å²) in [6.45, 7) is 7.92. The number of amides is 1. The van der Waals surface area contributed by atoms with Crippen molar-refractivity contribution in [2.75, 3.05) is 20.3 Å². The molecule has 1 saturated heterocycles. The number of methoxy groups -OCH3 is 1. The van der Waals surface area contributed by atoms with Crippen LogP contribution in [0.15, 0.2) is 52.4 Å². The van der Waals surface area contributed by atoms with Gasteiger partial charge in [0, 0.05) is 6.04 Å². The maximum absolute atomic E-state index is 13.3. The van der Waals surface area contributed by atoms with Gasteiger partial charge < -0.3 is 14.2 Å². The normalized spacial score (nSPS) is 16.7. The molecular weight excluding hydrogens is 452 g/mol. The third kappa shape index (κ3) is 6.20. The lowest BCUT2D eigenvalue weighted by molar-refractivity contribution is -0.145. The molecule has 180 valence electrons. The molecular formula is C26H30N2O5S. The van der Waals surface area contributed by atoms with Crippen molar-refractivity contribution in [1.29, 1.82) is 0 Å². The van der Waals surface area contributed by atoms with Crippen LogP contribution in [0.3, 0.4) is 0 Å². The van der Waals surface area contributed by atoms with Gasteiger partial charge in [-0.15, -0.1) is 0 Å². The number of ether oxygens (including phenoxy) is 3. The first kappa shape index (κ1) is 25.4. The molecule has 7 nitrogen and oxygen atoms in total. The van der Waals surface area contributed by atoms with Crippen LogP contribution in [0.25, 0.3) is 6.08 Å². The van der Waals surface area contributed by atoms with E-state index >= 15 is 0 Å². The number of benzene rings is 2. The fraction of sp³-hybridized carbons (Fsp3) is 0.346. The van der Waals surface area contributed by atoms with E-state index < -0.39 is 5.97 Å². The topological polar surface area (TPSA) is 77.4 Å². The molecule has 0 bridgehead atoms. The Morgan fingerprint density at radius 3 is 2.53 bits per heavy atom. The Morgan fingerprint density at radius 1 is 1.15 bits per heavy atom. The van der Waals surface area contributed by atoms with Crippen LogP contribution >= 0.6 is 11.8 Å². The zero-order chi connectivity index (χ0) is 24.7. The second-order valence-electron chi connectivity index (χ2n) is 7.78. The smallest absolute Gasteiger partial charge is 0.344 e. The predicted molar refractivity (Wildman–Crippen MR) is 136 cm³/mol. The molecule has 0 aliphatic carbocycles. The fourth-order valence-corrected chi connectivity index (χ4v) is 4.34. The van der Waals surface area contributed by atoms with Gasteiger partial charge in [-0.05, 0) is 74.9 Å². The summed E-state index contributed by atoms with van der Waals surface area (Å²) in [7, 11) is 1.52. The molecule has 1 amide bonds. The number of thioether (sulfide) groups is 1. The van der Waals surface area contributed by atoms with Gasteiger partial charge in [0.1, 0.15) is 0 Å². The third-order valence-corrected chi connectivity index (χ3v) is 6.25. The number of hydrogen-bond acceptors (Lipinski definition) is 7. The lowest BCUT2D eigenvalue weighted by atomic mass is 10.1. The van der Waals surface area contributed by atoms with Crippen LogP contribution in [-0.4, -0.2) is 48.3 Å². The lowest BCUT2D eigenvalue weighted by Gasteiger charge is -2.22. The van der Waals surface area contributed by atoms with E-state index in [1.54, 1.807) is 24.0 Å². The molecule has 1 fully saturated rings. The van der Waals surface area contributed by atoms with Crippen LogP contribution in [-0.2, 0) is 14.3 Å². The Hall–Kier alpha value is -3.26. The third-order valence-electron chi connectivity index (χ3n) is 5.26. The number of carbonyl (C=O) groups is 2. The summed E-state index contributed by atoms with van der Waals surface area (Å²) in [5.41, 5.74) is 2.74. The van der Waals surface area contributed by atoms with Crippen LogP contribution in [0.5, 0.6) is 11.5 Å². The van der Waals surface area contributed by atoms with Crippen molar-refractivity contribution in [3.8, 4) is 11.5 Å². The summed E-state index contributed by atoms with van der Waals surface area (Å²) in [5, 5.41) is 0.663. The quantitative estimate of drug-likeness (QED) is 0.354. The molecule has 0 aromatic heterocycles. The molecule has 8 heteroatoms. The zero-order valence-electron chi connectivity index (χ0n) is 20.2. The van der Waals surface area contributed by atoms with E-state index in [9.17, 15) is 9.59 Å². The van der Waals surface area contributed by atoms with E-state index in [2.05, 4.69) is 0 Å². The van der Waals surface area contributed by atoms with Crippen LogP contribution < -0.4 is 9.47 Å². The van der Waals surface area contributed by atoms with Gasteiger partial charge in [-0.1, -0.05) is 30.7 Å². The lowest BCUT2D eigenvalue weighted by Crippen LogP contribution is -2.36. The Kier molecular flexibility index (Phi) is 8.76. The van der Waals surface area contributed by atoms with Crippen molar-refractivity contribution in [3.63, 3.8) is 0 Å². The highest BCUT2D eigenvalue weighted by Crippen LogP contribution is 2.37. The van der Waals surface area contributed by atoms with E-state index in [-0.39, 0.29) is 18.6 Å². The molecule has 0 unspecified atom stereocenters. The summed E-state index contributed by atoms with van der Waals surface area (Å²) in [4.78, 5) is 31.9. The Morgan fingerprint density at radius 2 is 1.88 bits per heavy atom. The van der Waals surface area contributed by atoms with Crippen molar-refractivity contribution in [2.45, 2.75) is 40.2 Å². The fourth-order valence-electron chi connectivity index (χ4n) is 3.25. The average molecular weight is 483 g/mol. The highest BCUT2D eigenvalue weighted by molar-refractivity contribution is 8.18. The molecule has 1 heterocycles. The molecule has 3 rings (SSSR count). The number of hydrogen-bond donors (Lipinski definition) is 0. The standard InChI is InChI=1S/C26H30N2O5S/c1-6-18(4)28-25(30)23(34-26(28)27-20-11-8-17(3)9-12-20)15-19-10-13-21(22(14-19)31-5)33-16-24(29)32-7-2/h8-15,18H,6-7,16H2,1-5H3/b23-15+,27-26?/t18-/m1/s1. The van der Waals surface area contributed by atoms with Gasteiger partial charge in [0.25, 0.3) is 5.91 Å². The molecule has 1 aliphatic rings. The van der Waals surface area contributed by atoms with Gasteiger partial charge in [0.2, 0.25) is 0 Å². The first-order valence-electron chi connectivity index (χ1n) is 11.2. The molecule has 0 N–H and O–H groups in total. The minimum atomic E-state index is -0.450. The van der Waals surface area contributed by atoms with Gasteiger partial charge >= 0.3 is 5.97 Å². The van der Waals surface area contributed by atoms with Gasteiger partial charge in [0.05, 0.1) is 24.3 Å². The van der Waals surface area contributed by atoms with Gasteiger partial charge in [-0.3, -0.25) is 9.69 Å². The van der Waals surface area contributed by atoms with Crippen molar-refractivity contribution < 1.29 is 23.8 Å². The first-order valence-corrected chi connectivity index (χ1v) is 12.0. The number of aryl methyl sites for hydroxylation is 1. The Labute approximate surface area is 204 Å². The minimum Gasteiger partial charge on any atom is -0.493 e. The van der Waals surface area contributed by atoms with E-state index in [0.29, 0.717) is 28.2 Å². The summed E-state index contributed by atoms with van der Waals surface area (Å²) in [6, 6.07) is 13.2. The van der Waals surface area contributed by atoms with Crippen molar-refractivity contribution in [2.24, 2.45) is 4.99 Å². The number of amidine groups is 1. The average Bonchev–Trinajstić information content (AvgIpc) is 3.13. The molecule has 0 radical (unpaired) electrons. The van der Waals surface area contributed by atoms with Crippen molar-refractivity contribution in [1.82, 2.24) is 4.90 Å². The number of esters is 1. The van der Waals surface area contributed by atoms with Crippen molar-refractivity contribution >= 4 is 40.6 Å². The molecule has 0 spiro atoms. The van der Waals surface area contributed by atoms with Crippen LogP contribution in [0.1, 0.15) is 38.3 Å². The number of carbonyl (C=O) groups excluding carboxylic acids is 2.